The number of hydrogen-bond donors (Lipinski definition) is 0. The molecule has 0 aromatic rings. The van der Waals surface area contributed by atoms with E-state index in [9.17, 15) is 0 Å². The molecular weight excluding hydrogens is 1290 g/mol. The molecule has 34 heteroatoms. The van der Waals surface area contributed by atoms with Gasteiger partial charge in [0, 0.05) is 0 Å². The largest absolute Gasteiger partial charge is 6.00 e. The van der Waals surface area contributed by atoms with Crippen LogP contribution in [-0.2, 0) is 84.3 Å². The quantitative estimate of drug-likeness (QED) is 0.203. The summed E-state index contributed by atoms with van der Waals surface area (Å²) in [4.78, 5) is 206. The standard InChI is InChI=1S/6O4Si.4W/c6*1-5(2,3)4;;;;/q6*-4;4*+6. The first-order chi connectivity index (χ1) is 12.0. The van der Waals surface area contributed by atoms with Gasteiger partial charge in [-0.3, -0.25) is 0 Å². The van der Waals surface area contributed by atoms with Crippen LogP contribution in [-0.4, -0.2) is 54.3 Å². The minimum absolute atomic E-state index is 0. The van der Waals surface area contributed by atoms with E-state index in [-0.39, 0.29) is 84.3 Å². The molecule has 0 heterocycles. The van der Waals surface area contributed by atoms with Crippen LogP contribution < -0.4 is 115 Å². The predicted octanol–water partition coefficient (Wildman–Crippen LogP) is -30.8. The zero-order valence-electron chi connectivity index (χ0n) is 14.4. The minimum Gasteiger partial charge on any atom is -0.894 e. The molecule has 0 radical (unpaired) electrons. The van der Waals surface area contributed by atoms with Crippen molar-refractivity contribution in [3.05, 3.63) is 0 Å². The molecule has 0 bridgehead atoms. The summed E-state index contributed by atoms with van der Waals surface area (Å²) in [5.74, 6) is 0. The van der Waals surface area contributed by atoms with Crippen molar-refractivity contribution < 1.29 is 199 Å². The van der Waals surface area contributed by atoms with E-state index in [1.54, 1.807) is 0 Å². The van der Waals surface area contributed by atoms with E-state index in [4.69, 9.17) is 115 Å². The fraction of sp³-hybridized carbons (Fsp3) is 0. The van der Waals surface area contributed by atoms with Crippen LogP contribution in [0.4, 0.5) is 0 Å². The van der Waals surface area contributed by atoms with Gasteiger partial charge in [0.15, 0.2) is 0 Å². The number of hydrogen-bond acceptors (Lipinski definition) is 24. The average Bonchev–Trinajstić information content (AvgIpc) is 1.94. The predicted molar refractivity (Wildman–Crippen MR) is 34.5 cm³/mol. The summed E-state index contributed by atoms with van der Waals surface area (Å²) in [7, 11) is -33.7. The van der Waals surface area contributed by atoms with Crippen LogP contribution in [0.15, 0.2) is 0 Å². The third kappa shape index (κ3) is 4260. The van der Waals surface area contributed by atoms with Gasteiger partial charge >= 0.3 is 84.3 Å². The van der Waals surface area contributed by atoms with Crippen LogP contribution >= 0.6 is 0 Å². The maximum atomic E-state index is 8.58. The summed E-state index contributed by atoms with van der Waals surface area (Å²) in [6.07, 6.45) is 0. The zero-order valence-corrected chi connectivity index (χ0v) is 32.2. The minimum atomic E-state index is -5.61. The van der Waals surface area contributed by atoms with Crippen molar-refractivity contribution in [2.75, 3.05) is 0 Å². The van der Waals surface area contributed by atoms with Crippen molar-refractivity contribution in [3.8, 4) is 0 Å². The fourth-order valence-corrected chi connectivity index (χ4v) is 0. The SMILES string of the molecule is [O-][Si]([O-])([O-])[O-].[O-][Si]([O-])([O-])[O-].[O-][Si]([O-])([O-])[O-].[O-][Si]([O-])([O-])[O-].[O-][Si]([O-])([O-])[O-].[O-][Si]([O-])([O-])[O-].[W+6].[W+6].[W+6].[W+6]. The van der Waals surface area contributed by atoms with Crippen molar-refractivity contribution in [2.24, 2.45) is 0 Å². The molecule has 0 aliphatic heterocycles. The molecule has 24 nitrogen and oxygen atoms in total. The monoisotopic (exact) mass is 1290 g/mol. The van der Waals surface area contributed by atoms with Crippen molar-refractivity contribution in [1.29, 1.82) is 0 Å². The van der Waals surface area contributed by atoms with Gasteiger partial charge in [-0.05, 0) is 0 Å². The molecule has 0 amide bonds. The van der Waals surface area contributed by atoms with Gasteiger partial charge in [0.25, 0.3) is 0 Å². The van der Waals surface area contributed by atoms with E-state index in [2.05, 4.69) is 0 Å². The molecule has 0 spiro atoms. The summed E-state index contributed by atoms with van der Waals surface area (Å²) < 4.78 is 0. The van der Waals surface area contributed by atoms with Crippen LogP contribution in [0.5, 0.6) is 0 Å². The van der Waals surface area contributed by atoms with E-state index in [0.29, 0.717) is 0 Å². The second-order valence-corrected chi connectivity index (χ2v) is 9.00. The molecule has 0 N–H and O–H groups in total. The van der Waals surface area contributed by atoms with Gasteiger partial charge in [0.05, 0.1) is 0 Å². The first kappa shape index (κ1) is 65.8. The molecule has 0 aliphatic rings. The van der Waals surface area contributed by atoms with Crippen molar-refractivity contribution in [1.82, 2.24) is 0 Å². The van der Waals surface area contributed by atoms with Gasteiger partial charge in [-0.15, -0.1) is 0 Å². The summed E-state index contributed by atoms with van der Waals surface area (Å²) in [5.41, 5.74) is 0. The van der Waals surface area contributed by atoms with Gasteiger partial charge in [-0.25, -0.2) is 0 Å². The molecule has 0 aromatic heterocycles. The second kappa shape index (κ2) is 29.1. The molecule has 0 rings (SSSR count). The van der Waals surface area contributed by atoms with Crippen LogP contribution in [0.2, 0.25) is 0 Å². The van der Waals surface area contributed by atoms with Crippen LogP contribution in [0.3, 0.4) is 0 Å². The normalized spacial score (nSPS) is 10.6. The summed E-state index contributed by atoms with van der Waals surface area (Å²) >= 11 is 0. The molecule has 0 unspecified atom stereocenters. The molecule has 0 atom stereocenters. The zero-order chi connectivity index (χ0) is 27.0. The fourth-order valence-electron chi connectivity index (χ4n) is 0. The Kier molecular flexibility index (Phi) is 56.3. The van der Waals surface area contributed by atoms with Gasteiger partial charge < -0.3 is 169 Å². The molecule has 0 saturated carbocycles. The average molecular weight is 1290 g/mol. The molecule has 192 valence electrons. The third-order valence-electron chi connectivity index (χ3n) is 0. The molecule has 0 aromatic carbocycles. The maximum absolute atomic E-state index is 8.58. The Labute approximate surface area is 251 Å². The molecular formula is O24Si6W4. The molecule has 0 fully saturated rings. The molecule has 34 heavy (non-hydrogen) atoms. The Morgan fingerprint density at radius 1 is 0.147 bits per heavy atom. The Balaban J connectivity index is -0.0000000248. The van der Waals surface area contributed by atoms with E-state index in [1.165, 1.54) is 0 Å². The maximum Gasteiger partial charge on any atom is 6.00 e. The van der Waals surface area contributed by atoms with E-state index >= 15 is 0 Å². The van der Waals surface area contributed by atoms with Gasteiger partial charge in [0.2, 0.25) is 0 Å². The first-order valence-corrected chi connectivity index (χ1v) is 14.7. The van der Waals surface area contributed by atoms with E-state index in [0.717, 1.165) is 0 Å². The Bertz CT molecular complexity index is 226. The van der Waals surface area contributed by atoms with Gasteiger partial charge in [-0.1, -0.05) is 0 Å². The molecule has 0 aliphatic carbocycles. The summed E-state index contributed by atoms with van der Waals surface area (Å²) in [6.45, 7) is 0. The van der Waals surface area contributed by atoms with E-state index in [1.807, 2.05) is 0 Å². The second-order valence-electron chi connectivity index (χ2n) is 3.00. The van der Waals surface area contributed by atoms with Gasteiger partial charge in [-0.2, -0.15) is 0 Å². The van der Waals surface area contributed by atoms with Crippen LogP contribution in [0, 0.1) is 0 Å². The Morgan fingerprint density at radius 3 is 0.147 bits per heavy atom. The van der Waals surface area contributed by atoms with Crippen LogP contribution in [0.1, 0.15) is 0 Å². The first-order valence-electron chi connectivity index (χ1n) is 4.90. The topological polar surface area (TPSA) is 553 Å². The Hall–Kier alpha value is 3.09. The van der Waals surface area contributed by atoms with Gasteiger partial charge in [0.1, 0.15) is 0 Å². The molecule has 0 saturated heterocycles. The number of rotatable bonds is 0. The summed E-state index contributed by atoms with van der Waals surface area (Å²) in [5, 5.41) is 0. The Morgan fingerprint density at radius 2 is 0.147 bits per heavy atom. The summed E-state index contributed by atoms with van der Waals surface area (Å²) in [6, 6.07) is 0. The van der Waals surface area contributed by atoms with E-state index < -0.39 is 54.3 Å². The third-order valence-corrected chi connectivity index (χ3v) is 0. The van der Waals surface area contributed by atoms with Crippen molar-refractivity contribution in [2.45, 2.75) is 0 Å². The smallest absolute Gasteiger partial charge is 0.894 e. The van der Waals surface area contributed by atoms with Crippen LogP contribution in [0.25, 0.3) is 0 Å². The van der Waals surface area contributed by atoms with Crippen molar-refractivity contribution in [3.63, 3.8) is 0 Å². The van der Waals surface area contributed by atoms with Crippen molar-refractivity contribution >= 4 is 54.3 Å².